The molecule has 0 saturated carbocycles. The lowest BCUT2D eigenvalue weighted by molar-refractivity contribution is 0.00578. The first-order valence-corrected chi connectivity index (χ1v) is 8.37. The van der Waals surface area contributed by atoms with Gasteiger partial charge in [-0.2, -0.15) is 0 Å². The Morgan fingerprint density at radius 2 is 1.84 bits per heavy atom. The number of ether oxygens (including phenoxy) is 1. The molecule has 6 nitrogen and oxygen atoms in total. The second-order valence-electron chi connectivity index (χ2n) is 7.29. The Hall–Kier alpha value is -2.12. The van der Waals surface area contributed by atoms with Gasteiger partial charge in [0.05, 0.1) is 11.2 Å². The fraction of sp³-hybridized carbons (Fsp3) is 0.444. The number of rotatable bonds is 4. The van der Waals surface area contributed by atoms with Crippen LogP contribution in [0.25, 0.3) is 0 Å². The maximum Gasteiger partial charge on any atom is 0.496 e. The fourth-order valence-corrected chi connectivity index (χ4v) is 2.55. The smallest absolute Gasteiger partial charge is 0.482 e. The van der Waals surface area contributed by atoms with Crippen LogP contribution in [0.1, 0.15) is 46.3 Å². The highest BCUT2D eigenvalue weighted by Gasteiger charge is 2.52. The summed E-state index contributed by atoms with van der Waals surface area (Å²) in [4.78, 5) is 8.36. The molecular formula is C18H24BN3O3. The van der Waals surface area contributed by atoms with Crippen LogP contribution in [0.4, 0.5) is 5.82 Å². The first-order valence-electron chi connectivity index (χ1n) is 8.37. The zero-order valence-corrected chi connectivity index (χ0v) is 15.3. The summed E-state index contributed by atoms with van der Waals surface area (Å²) in [7, 11) is -0.505. The number of pyridine rings is 2. The third kappa shape index (κ3) is 3.48. The maximum atomic E-state index is 6.07. The molecule has 2 aromatic heterocycles. The van der Waals surface area contributed by atoms with Crippen LogP contribution in [-0.2, 0) is 9.31 Å². The van der Waals surface area contributed by atoms with E-state index in [1.54, 1.807) is 18.6 Å². The summed E-state index contributed by atoms with van der Waals surface area (Å²) in [5.74, 6) is 0.833. The summed E-state index contributed by atoms with van der Waals surface area (Å²) >= 11 is 0. The lowest BCUT2D eigenvalue weighted by Crippen LogP contribution is -2.41. The predicted octanol–water partition coefficient (Wildman–Crippen LogP) is 2.50. The average molecular weight is 341 g/mol. The minimum absolute atomic E-state index is 0.202. The largest absolute Gasteiger partial charge is 0.496 e. The van der Waals surface area contributed by atoms with Crippen molar-refractivity contribution in [1.82, 2.24) is 9.97 Å². The number of hydrogen-bond acceptors (Lipinski definition) is 6. The SMILES string of the molecule is C[C@H](Oc1cc(B2OC(C)(C)C(C)(C)O2)cnc1N)c1cccnc1. The first kappa shape index (κ1) is 17.7. The van der Waals surface area contributed by atoms with Gasteiger partial charge >= 0.3 is 7.12 Å². The number of nitrogen functional groups attached to an aromatic ring is 1. The van der Waals surface area contributed by atoms with E-state index in [4.69, 9.17) is 19.8 Å². The molecule has 0 aliphatic carbocycles. The summed E-state index contributed by atoms with van der Waals surface area (Å²) in [5, 5.41) is 0. The molecule has 0 spiro atoms. The third-order valence-corrected chi connectivity index (χ3v) is 4.89. The minimum Gasteiger partial charge on any atom is -0.482 e. The van der Waals surface area contributed by atoms with E-state index in [0.717, 1.165) is 11.0 Å². The Kier molecular flexibility index (Phi) is 4.47. The molecule has 1 aliphatic heterocycles. The van der Waals surface area contributed by atoms with Crippen molar-refractivity contribution in [3.05, 3.63) is 42.4 Å². The number of nitrogens with two attached hydrogens (primary N) is 1. The molecule has 132 valence electrons. The fourth-order valence-electron chi connectivity index (χ4n) is 2.55. The molecule has 1 atom stereocenters. The highest BCUT2D eigenvalue weighted by atomic mass is 16.7. The van der Waals surface area contributed by atoms with Crippen molar-refractivity contribution in [2.45, 2.75) is 51.9 Å². The summed E-state index contributed by atoms with van der Waals surface area (Å²) in [6.07, 6.45) is 4.96. The Balaban J connectivity index is 1.82. The number of anilines is 1. The molecule has 0 radical (unpaired) electrons. The second-order valence-corrected chi connectivity index (χ2v) is 7.29. The second kappa shape index (κ2) is 6.31. The summed E-state index contributed by atoms with van der Waals surface area (Å²) in [6.45, 7) is 10.00. The van der Waals surface area contributed by atoms with Crippen molar-refractivity contribution < 1.29 is 14.0 Å². The molecule has 25 heavy (non-hydrogen) atoms. The quantitative estimate of drug-likeness (QED) is 0.861. The normalized spacial score (nSPS) is 19.6. The first-order chi connectivity index (χ1) is 11.7. The highest BCUT2D eigenvalue weighted by Crippen LogP contribution is 2.37. The van der Waals surface area contributed by atoms with Crippen molar-refractivity contribution in [3.8, 4) is 5.75 Å². The van der Waals surface area contributed by atoms with Crippen molar-refractivity contribution in [2.75, 3.05) is 5.73 Å². The molecule has 0 amide bonds. The van der Waals surface area contributed by atoms with Gasteiger partial charge in [0.2, 0.25) is 0 Å². The summed E-state index contributed by atoms with van der Waals surface area (Å²) in [5.41, 5.74) is 6.90. The molecule has 7 heteroatoms. The van der Waals surface area contributed by atoms with Crippen molar-refractivity contribution in [1.29, 1.82) is 0 Å². The van der Waals surface area contributed by atoms with Crippen LogP contribution in [0.15, 0.2) is 36.8 Å². The van der Waals surface area contributed by atoms with Gasteiger partial charge in [-0.1, -0.05) is 6.07 Å². The minimum atomic E-state index is -0.505. The molecule has 2 N–H and O–H groups in total. The van der Waals surface area contributed by atoms with E-state index in [1.165, 1.54) is 0 Å². The number of nitrogens with zero attached hydrogens (tertiary/aromatic N) is 2. The molecule has 3 heterocycles. The summed E-state index contributed by atoms with van der Waals surface area (Å²) < 4.78 is 18.1. The van der Waals surface area contributed by atoms with Crippen LogP contribution in [0.2, 0.25) is 0 Å². The Morgan fingerprint density at radius 3 is 2.44 bits per heavy atom. The molecule has 0 bridgehead atoms. The van der Waals surface area contributed by atoms with Gasteiger partial charge in [0.1, 0.15) is 6.10 Å². The van der Waals surface area contributed by atoms with Crippen LogP contribution in [0.3, 0.4) is 0 Å². The van der Waals surface area contributed by atoms with E-state index in [1.807, 2.05) is 52.8 Å². The average Bonchev–Trinajstić information content (AvgIpc) is 2.78. The van der Waals surface area contributed by atoms with E-state index in [2.05, 4.69) is 9.97 Å². The standard InChI is InChI=1S/C18H24BN3O3/c1-12(13-7-6-8-21-10-13)23-15-9-14(11-22-16(15)20)19-24-17(2,3)18(4,5)25-19/h6-12H,1-5H3,(H2,20,22)/t12-/m0/s1. The summed E-state index contributed by atoms with van der Waals surface area (Å²) in [6, 6.07) is 5.66. The van der Waals surface area contributed by atoms with E-state index in [-0.39, 0.29) is 6.10 Å². The lowest BCUT2D eigenvalue weighted by atomic mass is 9.80. The van der Waals surface area contributed by atoms with Gasteiger partial charge in [0, 0.05) is 29.6 Å². The van der Waals surface area contributed by atoms with Gasteiger partial charge in [-0.15, -0.1) is 0 Å². The van der Waals surface area contributed by atoms with Crippen LogP contribution in [-0.4, -0.2) is 28.3 Å². The topological polar surface area (TPSA) is 79.5 Å². The number of aromatic nitrogens is 2. The van der Waals surface area contributed by atoms with E-state index in [0.29, 0.717) is 11.6 Å². The Bertz CT molecular complexity index is 736. The number of hydrogen-bond donors (Lipinski definition) is 1. The molecule has 1 fully saturated rings. The molecule has 2 aromatic rings. The van der Waals surface area contributed by atoms with Gasteiger partial charge in [-0.3, -0.25) is 4.98 Å². The molecule has 3 rings (SSSR count). The molecule has 0 unspecified atom stereocenters. The molecule has 1 saturated heterocycles. The van der Waals surface area contributed by atoms with Gasteiger partial charge in [-0.25, -0.2) is 4.98 Å². The zero-order chi connectivity index (χ0) is 18.2. The van der Waals surface area contributed by atoms with Crippen molar-refractivity contribution in [2.24, 2.45) is 0 Å². The highest BCUT2D eigenvalue weighted by molar-refractivity contribution is 6.62. The van der Waals surface area contributed by atoms with Gasteiger partial charge in [0.25, 0.3) is 0 Å². The van der Waals surface area contributed by atoms with Crippen LogP contribution in [0, 0.1) is 0 Å². The van der Waals surface area contributed by atoms with Crippen molar-refractivity contribution >= 4 is 18.4 Å². The lowest BCUT2D eigenvalue weighted by Gasteiger charge is -2.32. The van der Waals surface area contributed by atoms with Crippen molar-refractivity contribution in [3.63, 3.8) is 0 Å². The monoisotopic (exact) mass is 341 g/mol. The molecular weight excluding hydrogens is 317 g/mol. The van der Waals surface area contributed by atoms with Gasteiger partial charge in [-0.05, 0) is 46.8 Å². The van der Waals surface area contributed by atoms with E-state index in [9.17, 15) is 0 Å². The predicted molar refractivity (Wildman–Crippen MR) is 97.6 cm³/mol. The zero-order valence-electron chi connectivity index (χ0n) is 15.3. The van der Waals surface area contributed by atoms with Gasteiger partial charge < -0.3 is 19.8 Å². The Labute approximate surface area is 148 Å². The molecule has 1 aliphatic rings. The van der Waals surface area contributed by atoms with E-state index >= 15 is 0 Å². The van der Waals surface area contributed by atoms with Gasteiger partial charge in [0.15, 0.2) is 11.6 Å². The maximum absolute atomic E-state index is 6.07. The van der Waals surface area contributed by atoms with Crippen LogP contribution >= 0.6 is 0 Å². The van der Waals surface area contributed by atoms with Crippen LogP contribution in [0.5, 0.6) is 5.75 Å². The van der Waals surface area contributed by atoms with Crippen LogP contribution < -0.4 is 15.9 Å². The third-order valence-electron chi connectivity index (χ3n) is 4.89. The Morgan fingerprint density at radius 1 is 1.16 bits per heavy atom. The van der Waals surface area contributed by atoms with E-state index < -0.39 is 18.3 Å². The molecule has 0 aromatic carbocycles.